The second-order valence-electron chi connectivity index (χ2n) is 10.5. The molecule has 2 heterocycles. The zero-order valence-electron chi connectivity index (χ0n) is 20.7. The summed E-state index contributed by atoms with van der Waals surface area (Å²) in [5.74, 6) is 0. The Morgan fingerprint density at radius 1 is 0.969 bits per heavy atom. The van der Waals surface area contributed by atoms with E-state index in [4.69, 9.17) is 9.47 Å². The van der Waals surface area contributed by atoms with Gasteiger partial charge in [0.1, 0.15) is 0 Å². The summed E-state index contributed by atoms with van der Waals surface area (Å²) in [5.41, 5.74) is 6.25. The molecule has 0 atom stereocenters. The molecule has 2 fully saturated rings. The molecule has 1 aliphatic carbocycles. The summed E-state index contributed by atoms with van der Waals surface area (Å²) in [7, 11) is 3.64. The van der Waals surface area contributed by atoms with Gasteiger partial charge in [0.05, 0.1) is 12.7 Å². The Kier molecular flexibility index (Phi) is 7.80. The van der Waals surface area contributed by atoms with Gasteiger partial charge in [-0.1, -0.05) is 19.9 Å². The molecule has 0 saturated carbocycles. The molecule has 2 saturated heterocycles. The number of hydrogen-bond acceptors (Lipinski definition) is 5. The van der Waals surface area contributed by atoms with Crippen LogP contribution < -0.4 is 9.80 Å². The summed E-state index contributed by atoms with van der Waals surface area (Å²) in [6.07, 6.45) is 8.81. The molecule has 0 aromatic heterocycles. The summed E-state index contributed by atoms with van der Waals surface area (Å²) >= 11 is 0. The summed E-state index contributed by atoms with van der Waals surface area (Å²) in [6, 6.07) is 7.25. The van der Waals surface area contributed by atoms with Crippen LogP contribution in [0.15, 0.2) is 24.3 Å². The van der Waals surface area contributed by atoms with Gasteiger partial charge in [0.15, 0.2) is 0 Å². The number of allylic oxidation sites excluding steroid dienone is 2. The molecule has 0 amide bonds. The molecule has 0 N–H and O–H groups in total. The highest BCUT2D eigenvalue weighted by Gasteiger charge is 2.27. The van der Waals surface area contributed by atoms with E-state index in [1.165, 1.54) is 36.2 Å². The van der Waals surface area contributed by atoms with Gasteiger partial charge >= 0.3 is 0 Å². The van der Waals surface area contributed by atoms with Crippen molar-refractivity contribution in [2.24, 2.45) is 5.41 Å². The zero-order chi connectivity index (χ0) is 22.6. The number of piperazine rings is 1. The van der Waals surface area contributed by atoms with E-state index in [2.05, 4.69) is 52.8 Å². The molecule has 32 heavy (non-hydrogen) atoms. The molecule has 1 aromatic carbocycles. The van der Waals surface area contributed by atoms with Gasteiger partial charge in [0.25, 0.3) is 0 Å². The molecule has 3 aliphatic rings. The molecule has 0 radical (unpaired) electrons. The molecule has 0 bridgehead atoms. The van der Waals surface area contributed by atoms with Crippen LogP contribution in [0.3, 0.4) is 0 Å². The lowest BCUT2D eigenvalue weighted by Crippen LogP contribution is -2.47. The number of rotatable bonds is 7. The molecular formula is C27H43N3O2. The maximum absolute atomic E-state index is 5.59. The third-order valence-electron chi connectivity index (χ3n) is 7.76. The quantitative estimate of drug-likeness (QED) is 0.613. The van der Waals surface area contributed by atoms with Gasteiger partial charge in [-0.05, 0) is 61.3 Å². The molecule has 4 rings (SSSR count). The van der Waals surface area contributed by atoms with Gasteiger partial charge < -0.3 is 19.3 Å². The number of benzene rings is 1. The first-order valence-electron chi connectivity index (χ1n) is 12.6. The Morgan fingerprint density at radius 2 is 1.72 bits per heavy atom. The summed E-state index contributed by atoms with van der Waals surface area (Å²) in [4.78, 5) is 7.69. The van der Waals surface area contributed by atoms with Gasteiger partial charge in [0, 0.05) is 77.0 Å². The van der Waals surface area contributed by atoms with Gasteiger partial charge in [-0.2, -0.15) is 0 Å². The zero-order valence-corrected chi connectivity index (χ0v) is 20.7. The van der Waals surface area contributed by atoms with E-state index in [1.54, 1.807) is 12.7 Å². The Labute approximate surface area is 195 Å². The van der Waals surface area contributed by atoms with E-state index in [0.717, 1.165) is 65.3 Å². The van der Waals surface area contributed by atoms with Crippen molar-refractivity contribution < 1.29 is 9.47 Å². The van der Waals surface area contributed by atoms with E-state index >= 15 is 0 Å². The second kappa shape index (κ2) is 10.6. The normalized spacial score (nSPS) is 22.8. The van der Waals surface area contributed by atoms with Crippen LogP contribution in [0.2, 0.25) is 0 Å². The molecular weight excluding hydrogens is 398 g/mol. The maximum Gasteiger partial charge on any atom is 0.0605 e. The van der Waals surface area contributed by atoms with Crippen LogP contribution in [-0.4, -0.2) is 77.6 Å². The monoisotopic (exact) mass is 441 g/mol. The predicted molar refractivity (Wildman–Crippen MR) is 135 cm³/mol. The first kappa shape index (κ1) is 23.6. The minimum atomic E-state index is 0.419. The van der Waals surface area contributed by atoms with Crippen molar-refractivity contribution in [3.05, 3.63) is 29.8 Å². The molecule has 5 nitrogen and oxygen atoms in total. The van der Waals surface area contributed by atoms with E-state index in [-0.39, 0.29) is 0 Å². The van der Waals surface area contributed by atoms with E-state index in [9.17, 15) is 0 Å². The van der Waals surface area contributed by atoms with Crippen molar-refractivity contribution in [2.45, 2.75) is 52.1 Å². The Hall–Kier alpha value is -1.56. The largest absolute Gasteiger partial charge is 0.383 e. The fraction of sp³-hybridized carbons (Fsp3) is 0.704. The third-order valence-corrected chi connectivity index (χ3v) is 7.76. The van der Waals surface area contributed by atoms with Crippen molar-refractivity contribution in [3.63, 3.8) is 0 Å². The SMILES string of the molecule is COCCN1CCN(c2ccc(N3CCC(OC)CC3)cc2C2=CCC(C)(C)CC2)CC1. The topological polar surface area (TPSA) is 28.2 Å². The van der Waals surface area contributed by atoms with Crippen molar-refractivity contribution >= 4 is 16.9 Å². The van der Waals surface area contributed by atoms with Crippen LogP contribution in [0.4, 0.5) is 11.4 Å². The number of nitrogens with zero attached hydrogens (tertiary/aromatic N) is 3. The fourth-order valence-electron chi connectivity index (χ4n) is 5.36. The third kappa shape index (κ3) is 5.67. The Bertz CT molecular complexity index is 775. The number of anilines is 2. The minimum absolute atomic E-state index is 0.419. The standard InChI is InChI=1S/C27H43N3O2/c1-27(2)11-7-22(8-12-27)25-21-23(29-13-9-24(32-4)10-14-29)5-6-26(25)30-17-15-28(16-18-30)19-20-31-3/h5-7,21,24H,8-20H2,1-4H3. The van der Waals surface area contributed by atoms with Gasteiger partial charge in [-0.3, -0.25) is 4.90 Å². The van der Waals surface area contributed by atoms with Crippen LogP contribution in [0.25, 0.3) is 5.57 Å². The Morgan fingerprint density at radius 3 is 2.34 bits per heavy atom. The minimum Gasteiger partial charge on any atom is -0.383 e. The predicted octanol–water partition coefficient (Wildman–Crippen LogP) is 4.66. The summed E-state index contributed by atoms with van der Waals surface area (Å²) in [6.45, 7) is 13.2. The van der Waals surface area contributed by atoms with Gasteiger partial charge in [-0.25, -0.2) is 0 Å². The molecule has 178 valence electrons. The number of methoxy groups -OCH3 is 2. The molecule has 1 aromatic rings. The van der Waals surface area contributed by atoms with E-state index < -0.39 is 0 Å². The first-order chi connectivity index (χ1) is 15.5. The van der Waals surface area contributed by atoms with Crippen molar-refractivity contribution in [2.75, 3.05) is 76.4 Å². The van der Waals surface area contributed by atoms with Crippen LogP contribution in [0.5, 0.6) is 0 Å². The highest BCUT2D eigenvalue weighted by molar-refractivity contribution is 5.80. The average molecular weight is 442 g/mol. The average Bonchev–Trinajstić information content (AvgIpc) is 2.83. The first-order valence-corrected chi connectivity index (χ1v) is 12.6. The maximum atomic E-state index is 5.59. The molecule has 5 heteroatoms. The van der Waals surface area contributed by atoms with Crippen LogP contribution in [0, 0.1) is 5.41 Å². The van der Waals surface area contributed by atoms with Crippen molar-refractivity contribution in [1.29, 1.82) is 0 Å². The summed E-state index contributed by atoms with van der Waals surface area (Å²) in [5, 5.41) is 0. The lowest BCUT2D eigenvalue weighted by molar-refractivity contribution is 0.0819. The van der Waals surface area contributed by atoms with Crippen molar-refractivity contribution in [3.8, 4) is 0 Å². The van der Waals surface area contributed by atoms with E-state index in [1.807, 2.05) is 7.11 Å². The number of hydrogen-bond donors (Lipinski definition) is 0. The highest BCUT2D eigenvalue weighted by atomic mass is 16.5. The van der Waals surface area contributed by atoms with Crippen LogP contribution in [-0.2, 0) is 9.47 Å². The lowest BCUT2D eigenvalue weighted by atomic mass is 9.76. The Balaban J connectivity index is 1.55. The van der Waals surface area contributed by atoms with Crippen LogP contribution in [0.1, 0.15) is 51.5 Å². The van der Waals surface area contributed by atoms with E-state index in [0.29, 0.717) is 11.5 Å². The lowest BCUT2D eigenvalue weighted by Gasteiger charge is -2.39. The summed E-state index contributed by atoms with van der Waals surface area (Å²) < 4.78 is 10.9. The highest BCUT2D eigenvalue weighted by Crippen LogP contribution is 2.42. The van der Waals surface area contributed by atoms with Gasteiger partial charge in [-0.15, -0.1) is 0 Å². The van der Waals surface area contributed by atoms with Gasteiger partial charge in [0.2, 0.25) is 0 Å². The molecule has 2 aliphatic heterocycles. The fourth-order valence-corrected chi connectivity index (χ4v) is 5.36. The number of ether oxygens (including phenoxy) is 2. The molecule has 0 unspecified atom stereocenters. The van der Waals surface area contributed by atoms with Crippen molar-refractivity contribution in [1.82, 2.24) is 4.90 Å². The second-order valence-corrected chi connectivity index (χ2v) is 10.5. The molecule has 0 spiro atoms. The van der Waals surface area contributed by atoms with Crippen LogP contribution >= 0.6 is 0 Å². The smallest absolute Gasteiger partial charge is 0.0605 e. The number of piperidine rings is 1.